The first kappa shape index (κ1) is 12.3. The predicted molar refractivity (Wildman–Crippen MR) is 71.9 cm³/mol. The molecule has 0 unspecified atom stereocenters. The fraction of sp³-hybridized carbons (Fsp3) is 0.143. The Morgan fingerprint density at radius 3 is 2.85 bits per heavy atom. The molecular weight excluding hydrogens is 260 g/mol. The molecule has 1 N–H and O–H groups in total. The first-order valence-electron chi connectivity index (χ1n) is 5.94. The third-order valence-corrected chi connectivity index (χ3v) is 3.22. The molecule has 2 heterocycles. The van der Waals surface area contributed by atoms with E-state index < -0.39 is 5.97 Å². The van der Waals surface area contributed by atoms with Gasteiger partial charge in [-0.1, -0.05) is 5.16 Å². The molecule has 0 aliphatic heterocycles. The van der Waals surface area contributed by atoms with Gasteiger partial charge in [0.25, 0.3) is 0 Å². The lowest BCUT2D eigenvalue weighted by molar-refractivity contribution is 0.0686. The monoisotopic (exact) mass is 272 g/mol. The number of rotatable bonds is 3. The number of fused-ring (bicyclic) bond motifs is 1. The first-order chi connectivity index (χ1) is 9.61. The van der Waals surface area contributed by atoms with E-state index in [0.29, 0.717) is 17.1 Å². The summed E-state index contributed by atoms with van der Waals surface area (Å²) in [6, 6.07) is 7.08. The smallest absolute Gasteiger partial charge is 0.358 e. The lowest BCUT2D eigenvalue weighted by Crippen LogP contribution is -1.94. The summed E-state index contributed by atoms with van der Waals surface area (Å²) in [7, 11) is 3.49. The molecule has 6 nitrogen and oxygen atoms in total. The highest BCUT2D eigenvalue weighted by atomic mass is 16.5. The van der Waals surface area contributed by atoms with E-state index in [2.05, 4.69) is 5.16 Å². The normalized spacial score (nSPS) is 10.9. The number of methoxy groups -OCH3 is 1. The largest absolute Gasteiger partial charge is 0.496 e. The van der Waals surface area contributed by atoms with Crippen molar-refractivity contribution in [2.45, 2.75) is 0 Å². The van der Waals surface area contributed by atoms with E-state index in [9.17, 15) is 4.79 Å². The standard InChI is InChI=1S/C14H12N2O4/c1-16-6-5-8-10(16)3-4-11(19-2)13(8)12-7-9(14(17)18)15-20-12/h3-7H,1-2H3,(H,17,18). The number of aromatic nitrogens is 2. The van der Waals surface area contributed by atoms with Gasteiger partial charge in [0.1, 0.15) is 5.75 Å². The van der Waals surface area contributed by atoms with Gasteiger partial charge in [-0.25, -0.2) is 4.79 Å². The maximum Gasteiger partial charge on any atom is 0.358 e. The topological polar surface area (TPSA) is 77.5 Å². The summed E-state index contributed by atoms with van der Waals surface area (Å²) in [5, 5.41) is 13.4. The molecule has 1 aromatic carbocycles. The SMILES string of the molecule is COc1ccc2c(ccn2C)c1-c1cc(C(=O)O)no1. The van der Waals surface area contributed by atoms with E-state index in [0.717, 1.165) is 10.9 Å². The Morgan fingerprint density at radius 1 is 1.40 bits per heavy atom. The number of ether oxygens (including phenoxy) is 1. The van der Waals surface area contributed by atoms with E-state index in [4.69, 9.17) is 14.4 Å². The number of carboxylic acid groups (broad SMARTS) is 1. The second-order valence-electron chi connectivity index (χ2n) is 4.38. The molecule has 0 saturated carbocycles. The van der Waals surface area contributed by atoms with Crippen molar-refractivity contribution in [3.8, 4) is 17.1 Å². The van der Waals surface area contributed by atoms with Crippen molar-refractivity contribution in [2.24, 2.45) is 7.05 Å². The number of benzene rings is 1. The lowest BCUT2D eigenvalue weighted by Gasteiger charge is -2.07. The minimum atomic E-state index is -1.13. The molecule has 2 aromatic heterocycles. The first-order valence-corrected chi connectivity index (χ1v) is 5.94. The van der Waals surface area contributed by atoms with Gasteiger partial charge in [0.05, 0.1) is 12.7 Å². The zero-order valence-corrected chi connectivity index (χ0v) is 11.0. The van der Waals surface area contributed by atoms with Crippen molar-refractivity contribution in [3.63, 3.8) is 0 Å². The molecule has 0 amide bonds. The minimum absolute atomic E-state index is 0.130. The molecule has 102 valence electrons. The summed E-state index contributed by atoms with van der Waals surface area (Å²) in [6.07, 6.45) is 1.92. The summed E-state index contributed by atoms with van der Waals surface area (Å²) in [5.41, 5.74) is 1.56. The summed E-state index contributed by atoms with van der Waals surface area (Å²) >= 11 is 0. The van der Waals surface area contributed by atoms with Crippen molar-refractivity contribution in [2.75, 3.05) is 7.11 Å². The van der Waals surface area contributed by atoms with Crippen LogP contribution in [0.2, 0.25) is 0 Å². The van der Waals surface area contributed by atoms with Crippen LogP contribution < -0.4 is 4.74 Å². The van der Waals surface area contributed by atoms with Gasteiger partial charge in [0.15, 0.2) is 11.5 Å². The Hall–Kier alpha value is -2.76. The summed E-state index contributed by atoms with van der Waals surface area (Å²) in [6.45, 7) is 0. The average molecular weight is 272 g/mol. The number of carboxylic acids is 1. The number of aromatic carboxylic acids is 1. The molecule has 0 spiro atoms. The van der Waals surface area contributed by atoms with Crippen molar-refractivity contribution in [1.82, 2.24) is 9.72 Å². The Bertz CT molecular complexity index is 801. The fourth-order valence-corrected chi connectivity index (χ4v) is 2.25. The molecule has 3 rings (SSSR count). The van der Waals surface area contributed by atoms with Crippen LogP contribution in [-0.4, -0.2) is 27.9 Å². The maximum atomic E-state index is 10.9. The highest BCUT2D eigenvalue weighted by Gasteiger charge is 2.19. The second-order valence-corrected chi connectivity index (χ2v) is 4.38. The quantitative estimate of drug-likeness (QED) is 0.792. The summed E-state index contributed by atoms with van der Waals surface area (Å²) < 4.78 is 12.5. The van der Waals surface area contributed by atoms with Gasteiger partial charge in [-0.05, 0) is 18.2 Å². The number of hydrogen-bond donors (Lipinski definition) is 1. The Labute approximate surface area is 114 Å². The van der Waals surface area contributed by atoms with Gasteiger partial charge < -0.3 is 18.9 Å². The van der Waals surface area contributed by atoms with Crippen LogP contribution >= 0.6 is 0 Å². The Balaban J connectivity index is 2.29. The van der Waals surface area contributed by atoms with Crippen LogP contribution in [0, 0.1) is 0 Å². The number of aryl methyl sites for hydroxylation is 1. The van der Waals surface area contributed by atoms with Crippen LogP contribution in [0.3, 0.4) is 0 Å². The number of hydrogen-bond acceptors (Lipinski definition) is 4. The van der Waals surface area contributed by atoms with Gasteiger partial charge in [0, 0.05) is 30.2 Å². The molecule has 0 aliphatic rings. The molecule has 6 heteroatoms. The Morgan fingerprint density at radius 2 is 2.20 bits per heavy atom. The third-order valence-electron chi connectivity index (χ3n) is 3.22. The molecule has 0 bridgehead atoms. The van der Waals surface area contributed by atoms with Crippen molar-refractivity contribution in [1.29, 1.82) is 0 Å². The van der Waals surface area contributed by atoms with Gasteiger partial charge >= 0.3 is 5.97 Å². The highest BCUT2D eigenvalue weighted by Crippen LogP contribution is 2.37. The molecule has 3 aromatic rings. The van der Waals surface area contributed by atoms with Crippen molar-refractivity contribution < 1.29 is 19.2 Å². The number of nitrogens with zero attached hydrogens (tertiary/aromatic N) is 2. The van der Waals surface area contributed by atoms with Crippen LogP contribution in [0.25, 0.3) is 22.2 Å². The van der Waals surface area contributed by atoms with Crippen molar-refractivity contribution in [3.05, 3.63) is 36.2 Å². The molecule has 20 heavy (non-hydrogen) atoms. The zero-order valence-electron chi connectivity index (χ0n) is 11.0. The molecule has 0 aliphatic carbocycles. The van der Waals surface area contributed by atoms with Gasteiger partial charge in [-0.15, -0.1) is 0 Å². The van der Waals surface area contributed by atoms with E-state index in [-0.39, 0.29) is 5.69 Å². The molecule has 0 atom stereocenters. The van der Waals surface area contributed by atoms with Gasteiger partial charge in [-0.2, -0.15) is 0 Å². The van der Waals surface area contributed by atoms with Crippen molar-refractivity contribution >= 4 is 16.9 Å². The predicted octanol–water partition coefficient (Wildman–Crippen LogP) is 2.54. The number of carbonyl (C=O) groups is 1. The zero-order chi connectivity index (χ0) is 14.3. The molecule has 0 radical (unpaired) electrons. The van der Waals surface area contributed by atoms with Crippen LogP contribution in [0.15, 0.2) is 35.0 Å². The second kappa shape index (κ2) is 4.41. The molecule has 0 saturated heterocycles. The highest BCUT2D eigenvalue weighted by molar-refractivity contribution is 5.98. The van der Waals surface area contributed by atoms with Crippen LogP contribution in [0.5, 0.6) is 5.75 Å². The lowest BCUT2D eigenvalue weighted by atomic mass is 10.1. The fourth-order valence-electron chi connectivity index (χ4n) is 2.25. The van der Waals surface area contributed by atoms with E-state index in [1.807, 2.05) is 36.0 Å². The van der Waals surface area contributed by atoms with E-state index in [1.54, 1.807) is 7.11 Å². The van der Waals surface area contributed by atoms with Crippen LogP contribution in [0.4, 0.5) is 0 Å². The van der Waals surface area contributed by atoms with Gasteiger partial charge in [-0.3, -0.25) is 0 Å². The van der Waals surface area contributed by atoms with E-state index >= 15 is 0 Å². The maximum absolute atomic E-state index is 10.9. The van der Waals surface area contributed by atoms with Crippen LogP contribution in [0.1, 0.15) is 10.5 Å². The average Bonchev–Trinajstić information content (AvgIpc) is 3.05. The third kappa shape index (κ3) is 1.73. The van der Waals surface area contributed by atoms with E-state index in [1.165, 1.54) is 6.07 Å². The summed E-state index contributed by atoms with van der Waals surface area (Å²) in [5.74, 6) is -0.146. The molecule has 0 fully saturated rings. The molecular formula is C14H12N2O4. The Kier molecular flexibility index (Phi) is 2.71. The summed E-state index contributed by atoms with van der Waals surface area (Å²) in [4.78, 5) is 10.9. The minimum Gasteiger partial charge on any atom is -0.496 e. The van der Waals surface area contributed by atoms with Crippen LogP contribution in [-0.2, 0) is 7.05 Å². The van der Waals surface area contributed by atoms with Gasteiger partial charge in [0.2, 0.25) is 0 Å².